The average Bonchev–Trinajstić information content (AvgIpc) is 1.89. The van der Waals surface area contributed by atoms with E-state index in [2.05, 4.69) is 39.2 Å². The van der Waals surface area contributed by atoms with E-state index in [9.17, 15) is 21.7 Å². The molecule has 0 fully saturated rings. The number of nitrogens with zero attached hydrogens (tertiary/aromatic N) is 4. The summed E-state index contributed by atoms with van der Waals surface area (Å²) in [5.41, 5.74) is 1.04. The van der Waals surface area contributed by atoms with E-state index in [-0.39, 0.29) is 65.2 Å². The zero-order valence-electron chi connectivity index (χ0n) is 53.5. The van der Waals surface area contributed by atoms with Crippen molar-refractivity contribution >= 4 is 21.9 Å². The molecular weight excluding hydrogens is 1030 g/mol. The van der Waals surface area contributed by atoms with Gasteiger partial charge in [-0.3, -0.25) is 0 Å². The molecule has 344 valence electrons. The second-order valence-corrected chi connectivity index (χ2v) is 16.7. The minimum atomic E-state index is -3.28. The van der Waals surface area contributed by atoms with Crippen LogP contribution in [0.25, 0.3) is 66.8 Å². The van der Waals surface area contributed by atoms with Crippen LogP contribution in [0.2, 0.25) is 0 Å². The molecule has 5 nitrogen and oxygen atoms in total. The van der Waals surface area contributed by atoms with E-state index in [0.29, 0.717) is 61.1 Å². The molecule has 6 heteroatoms. The Hall–Kier alpha value is -7.29. The number of benzene rings is 6. The van der Waals surface area contributed by atoms with Crippen molar-refractivity contribution in [1.29, 1.82) is 5.26 Å². The second-order valence-electron chi connectivity index (χ2n) is 16.7. The topological polar surface area (TPSA) is 75.6 Å². The van der Waals surface area contributed by atoms with Crippen LogP contribution >= 0.6 is 0 Å². The fourth-order valence-electron chi connectivity index (χ4n) is 8.12. The minimum Gasteiger partial charge on any atom is -0.500 e. The van der Waals surface area contributed by atoms with Crippen LogP contribution in [-0.2, 0) is 58.3 Å². The van der Waals surface area contributed by atoms with Gasteiger partial charge in [-0.05, 0) is 123 Å². The molecule has 0 unspecified atom stereocenters. The van der Waals surface area contributed by atoms with Gasteiger partial charge in [-0.2, -0.15) is 5.26 Å². The third-order valence-corrected chi connectivity index (χ3v) is 11.5. The third kappa shape index (κ3) is 10.3. The van der Waals surface area contributed by atoms with Crippen molar-refractivity contribution in [3.8, 4) is 51.0 Å². The molecule has 10 rings (SSSR count). The van der Waals surface area contributed by atoms with Crippen LogP contribution in [0.4, 0.5) is 0 Å². The van der Waals surface area contributed by atoms with Gasteiger partial charge in [0, 0.05) is 48.7 Å². The Morgan fingerprint density at radius 3 is 1.64 bits per heavy atom. The molecule has 6 aromatic carbocycles. The van der Waals surface area contributed by atoms with Gasteiger partial charge in [0.2, 0.25) is 0 Å². The number of hydrogen-bond acceptors (Lipinski definition) is 5. The fourth-order valence-corrected chi connectivity index (χ4v) is 8.12. The molecule has 0 atom stereocenters. The Morgan fingerprint density at radius 1 is 0.571 bits per heavy atom. The van der Waals surface area contributed by atoms with Crippen LogP contribution in [0.15, 0.2) is 169 Å². The first kappa shape index (κ1) is 32.5. The van der Waals surface area contributed by atoms with Crippen molar-refractivity contribution in [3.05, 3.63) is 232 Å². The summed E-state index contributed by atoms with van der Waals surface area (Å²) in [5.74, 6) is -3.13. The fraction of sp³-hybridized carbons (Fsp3) is 0.188. The molecule has 70 heavy (non-hydrogen) atoms. The Balaban J connectivity index is 0.00000865. The summed E-state index contributed by atoms with van der Waals surface area (Å²) in [6, 6.07) is 47.5. The van der Waals surface area contributed by atoms with Gasteiger partial charge in [0.05, 0.1) is 18.6 Å². The van der Waals surface area contributed by atoms with Crippen LogP contribution in [0.5, 0.6) is 0 Å². The van der Waals surface area contributed by atoms with E-state index >= 15 is 0 Å². The molecule has 0 aliphatic carbocycles. The van der Waals surface area contributed by atoms with E-state index < -0.39 is 66.7 Å². The molecule has 0 radical (unpaired) electrons. The Bertz CT molecular complexity index is 4050. The van der Waals surface area contributed by atoms with E-state index in [0.717, 1.165) is 36.8 Å². The maximum atomic E-state index is 10.2. The second kappa shape index (κ2) is 21.6. The average molecular weight is 1100 g/mol. The van der Waals surface area contributed by atoms with Crippen LogP contribution < -0.4 is 0 Å². The molecule has 0 bridgehead atoms. The van der Waals surface area contributed by atoms with Gasteiger partial charge in [0.1, 0.15) is 5.58 Å². The Kier molecular flexibility index (Phi) is 10.0. The standard InChI is InChI=1S/C64H53N4O.Ir/c1-42(2)57-36-60(48-15-8-5-9-16-48)67-40-52(57)28-25-46-33-45(34-47(35-46)26-29-53-41-68-61(37-58(53)43(3)4)49-17-10-6-11-18-49)24-23-44-27-32-59(66-39-44)56-22-14-21-54-55-31-30-51(38-65)62(64(55)69-63(54)56)50-19-12-7-13-20-50;/h5-15,17,19-21,27,30-37,39-43H,23-26,28-29H2,1-4H3;/q-3;+3/i23D2,24D2,25D2,26D2,28D2,29D2,30D,42D,43D;. The predicted octanol–water partition coefficient (Wildman–Crippen LogP) is 15.3. The smallest absolute Gasteiger partial charge is 0.500 e. The molecule has 0 aliphatic heterocycles. The number of aryl methyl sites for hydroxylation is 6. The Morgan fingerprint density at radius 2 is 1.11 bits per heavy atom. The number of rotatable bonds is 15. The van der Waals surface area contributed by atoms with Gasteiger partial charge in [-0.15, -0.1) is 90.0 Å². The van der Waals surface area contributed by atoms with Crippen molar-refractivity contribution in [2.75, 3.05) is 0 Å². The minimum absolute atomic E-state index is 0. The van der Waals surface area contributed by atoms with Gasteiger partial charge in [-0.1, -0.05) is 118 Å². The largest absolute Gasteiger partial charge is 3.00 e. The zero-order valence-corrected chi connectivity index (χ0v) is 40.9. The molecule has 0 aliphatic rings. The molecule has 10 aromatic rings. The maximum Gasteiger partial charge on any atom is 3.00 e. The van der Waals surface area contributed by atoms with Crippen molar-refractivity contribution < 1.29 is 45.1 Å². The quantitative estimate of drug-likeness (QED) is 0.0956. The van der Waals surface area contributed by atoms with E-state index in [1.807, 2.05) is 6.07 Å². The SMILES string of the molecule is [2H]c1cc2c(oc3c(-c4ccc(C([2H])([2H])C([2H])([2H])c5cc(C([2H])([2H])C([2H])([2H])c6cnc(-c7[c-]cccc7)cc6C([2H])(C)C)cc(C([2H])([2H])C([2H])([2H])c6cnc(-c7[c-]cccc7)cc6C([2H])(C)C)c5)cn4)[c-]ccc32)c(-c2ccccc2)c1C#N.[Ir+3]. The van der Waals surface area contributed by atoms with E-state index in [1.165, 1.54) is 52.0 Å². The maximum absolute atomic E-state index is 10.2. The number of hydrogen-bond donors (Lipinski definition) is 0. The van der Waals surface area contributed by atoms with Crippen LogP contribution in [0.3, 0.4) is 0 Å². The predicted molar refractivity (Wildman–Crippen MR) is 280 cm³/mol. The molecule has 0 saturated carbocycles. The summed E-state index contributed by atoms with van der Waals surface area (Å²) in [6.45, 7) is 5.98. The van der Waals surface area contributed by atoms with E-state index in [4.69, 9.17) is 8.53 Å². The summed E-state index contributed by atoms with van der Waals surface area (Å²) in [4.78, 5) is 13.5. The molecule has 4 aromatic heterocycles. The monoisotopic (exact) mass is 1100 g/mol. The third-order valence-electron chi connectivity index (χ3n) is 11.5. The van der Waals surface area contributed by atoms with Crippen LogP contribution in [-0.4, -0.2) is 15.0 Å². The molecule has 4 heterocycles. The van der Waals surface area contributed by atoms with Gasteiger partial charge >= 0.3 is 20.1 Å². The van der Waals surface area contributed by atoms with Crippen LogP contribution in [0, 0.1) is 29.5 Å². The van der Waals surface area contributed by atoms with Crippen LogP contribution in [0.1, 0.15) is 110 Å². The van der Waals surface area contributed by atoms with Gasteiger partial charge in [-0.25, -0.2) is 0 Å². The number of aromatic nitrogens is 3. The van der Waals surface area contributed by atoms with Crippen molar-refractivity contribution in [1.82, 2.24) is 15.0 Å². The van der Waals surface area contributed by atoms with Crippen molar-refractivity contribution in [2.24, 2.45) is 0 Å². The first-order valence-electron chi connectivity index (χ1n) is 29.8. The summed E-state index contributed by atoms with van der Waals surface area (Å²) in [7, 11) is 0. The molecule has 0 saturated heterocycles. The van der Waals surface area contributed by atoms with E-state index in [1.54, 1.807) is 91.0 Å². The Labute approximate surface area is 446 Å². The number of furan rings is 1. The summed E-state index contributed by atoms with van der Waals surface area (Å²) >= 11 is 0. The number of pyridine rings is 3. The molecule has 0 spiro atoms. The summed E-state index contributed by atoms with van der Waals surface area (Å²) in [5, 5.41) is 11.3. The van der Waals surface area contributed by atoms with Gasteiger partial charge in [0.15, 0.2) is 0 Å². The van der Waals surface area contributed by atoms with Gasteiger partial charge < -0.3 is 19.4 Å². The van der Waals surface area contributed by atoms with Gasteiger partial charge in [0.25, 0.3) is 0 Å². The first-order chi connectivity index (χ1) is 39.3. The number of nitriles is 1. The molecule has 0 amide bonds. The van der Waals surface area contributed by atoms with Crippen molar-refractivity contribution in [3.63, 3.8) is 0 Å². The molecule has 0 N–H and O–H groups in total. The zero-order chi connectivity index (χ0) is 60.7. The summed E-state index contributed by atoms with van der Waals surface area (Å²) in [6.07, 6.45) is -15.9. The van der Waals surface area contributed by atoms with Crippen molar-refractivity contribution in [2.45, 2.75) is 77.7 Å². The normalized spacial score (nSPS) is 16.0. The summed E-state index contributed by atoms with van der Waals surface area (Å²) < 4.78 is 150. The molecular formula is C64H53IrN4O. The first-order valence-corrected chi connectivity index (χ1v) is 22.3. The number of fused-ring (bicyclic) bond motifs is 3.